The third-order valence-corrected chi connectivity index (χ3v) is 2.81. The van der Waals surface area contributed by atoms with E-state index in [2.05, 4.69) is 15.3 Å². The molecule has 0 fully saturated rings. The van der Waals surface area contributed by atoms with Gasteiger partial charge in [-0.15, -0.1) is 0 Å². The van der Waals surface area contributed by atoms with E-state index in [1.807, 2.05) is 30.3 Å². The lowest BCUT2D eigenvalue weighted by Crippen LogP contribution is -2.09. The largest absolute Gasteiger partial charge is 0.494 e. The molecule has 6 heteroatoms. The number of nitrogen functional groups attached to an aromatic ring is 1. The van der Waals surface area contributed by atoms with Crippen LogP contribution in [0.1, 0.15) is 6.42 Å². The van der Waals surface area contributed by atoms with Gasteiger partial charge in [0.05, 0.1) is 6.61 Å². The second kappa shape index (κ2) is 6.80. The molecule has 0 saturated carbocycles. The number of nitrogens with zero attached hydrogens (tertiary/aromatic N) is 2. The van der Waals surface area contributed by atoms with Gasteiger partial charge < -0.3 is 15.8 Å². The summed E-state index contributed by atoms with van der Waals surface area (Å²) in [6.45, 7) is 1.32. The minimum Gasteiger partial charge on any atom is -0.494 e. The van der Waals surface area contributed by atoms with Crippen molar-refractivity contribution in [2.24, 2.45) is 0 Å². The second-order valence-corrected chi connectivity index (χ2v) is 4.24. The molecule has 0 aliphatic carbocycles. The van der Waals surface area contributed by atoms with Crippen LogP contribution in [-0.4, -0.2) is 23.1 Å². The molecule has 0 atom stereocenters. The highest BCUT2D eigenvalue weighted by Gasteiger charge is 2.04. The highest BCUT2D eigenvalue weighted by Crippen LogP contribution is 2.22. The smallest absolute Gasteiger partial charge is 0.150 e. The van der Waals surface area contributed by atoms with Gasteiger partial charge in [0, 0.05) is 6.54 Å². The van der Waals surface area contributed by atoms with E-state index in [0.29, 0.717) is 24.0 Å². The first-order chi connectivity index (χ1) is 9.27. The molecule has 5 nitrogen and oxygen atoms in total. The number of rotatable bonds is 6. The van der Waals surface area contributed by atoms with Gasteiger partial charge in [0.2, 0.25) is 0 Å². The molecule has 0 aliphatic heterocycles. The monoisotopic (exact) mass is 278 g/mol. The van der Waals surface area contributed by atoms with Crippen LogP contribution in [0.2, 0.25) is 5.02 Å². The van der Waals surface area contributed by atoms with Crippen LogP contribution in [0.5, 0.6) is 5.75 Å². The number of ether oxygens (including phenoxy) is 1. The third kappa shape index (κ3) is 3.99. The van der Waals surface area contributed by atoms with Gasteiger partial charge in [0.1, 0.15) is 28.7 Å². The summed E-state index contributed by atoms with van der Waals surface area (Å²) >= 11 is 5.96. The maximum Gasteiger partial charge on any atom is 0.150 e. The van der Waals surface area contributed by atoms with Crippen molar-refractivity contribution in [3.63, 3.8) is 0 Å². The molecule has 0 spiro atoms. The van der Waals surface area contributed by atoms with E-state index in [1.54, 1.807) is 0 Å². The van der Waals surface area contributed by atoms with Crippen LogP contribution in [0.4, 0.5) is 11.6 Å². The van der Waals surface area contributed by atoms with E-state index in [0.717, 1.165) is 12.2 Å². The number of halogens is 1. The van der Waals surface area contributed by atoms with Crippen molar-refractivity contribution in [2.75, 3.05) is 24.2 Å². The Morgan fingerprint density at radius 1 is 1.21 bits per heavy atom. The fourth-order valence-corrected chi connectivity index (χ4v) is 1.66. The SMILES string of the molecule is Nc1ncnc(NCCCOc2ccccc2)c1Cl. The Labute approximate surface area is 116 Å². The molecule has 1 aromatic carbocycles. The molecule has 1 aromatic heterocycles. The summed E-state index contributed by atoms with van der Waals surface area (Å²) in [6.07, 6.45) is 2.21. The zero-order valence-corrected chi connectivity index (χ0v) is 11.1. The van der Waals surface area contributed by atoms with Crippen molar-refractivity contribution >= 4 is 23.2 Å². The standard InChI is InChI=1S/C13H15ClN4O/c14-11-12(15)17-9-18-13(11)16-7-4-8-19-10-5-2-1-3-6-10/h1-3,5-6,9H,4,7-8H2,(H3,15,16,17,18). The summed E-state index contributed by atoms with van der Waals surface area (Å²) in [4.78, 5) is 7.81. The molecule has 2 rings (SSSR count). The molecule has 0 saturated heterocycles. The van der Waals surface area contributed by atoms with Gasteiger partial charge in [-0.1, -0.05) is 29.8 Å². The molecule has 0 unspecified atom stereocenters. The van der Waals surface area contributed by atoms with Gasteiger partial charge in [0.15, 0.2) is 0 Å². The average molecular weight is 279 g/mol. The van der Waals surface area contributed by atoms with E-state index in [-0.39, 0.29) is 5.82 Å². The first-order valence-corrected chi connectivity index (χ1v) is 6.33. The van der Waals surface area contributed by atoms with Crippen LogP contribution in [0.3, 0.4) is 0 Å². The van der Waals surface area contributed by atoms with Crippen molar-refractivity contribution < 1.29 is 4.74 Å². The topological polar surface area (TPSA) is 73.1 Å². The lowest BCUT2D eigenvalue weighted by Gasteiger charge is -2.09. The maximum atomic E-state index is 5.96. The second-order valence-electron chi connectivity index (χ2n) is 3.86. The van der Waals surface area contributed by atoms with Crippen LogP contribution < -0.4 is 15.8 Å². The Kier molecular flexibility index (Phi) is 4.80. The number of hydrogen-bond acceptors (Lipinski definition) is 5. The Morgan fingerprint density at radius 2 is 2.00 bits per heavy atom. The van der Waals surface area contributed by atoms with Gasteiger partial charge in [-0.05, 0) is 18.6 Å². The minimum atomic E-state index is 0.278. The Bertz CT molecular complexity index is 521. The Hall–Kier alpha value is -2.01. The van der Waals surface area contributed by atoms with E-state index >= 15 is 0 Å². The predicted octanol–water partition coefficient (Wildman–Crippen LogP) is 2.59. The Morgan fingerprint density at radius 3 is 2.79 bits per heavy atom. The lowest BCUT2D eigenvalue weighted by molar-refractivity contribution is 0.315. The highest BCUT2D eigenvalue weighted by atomic mass is 35.5. The van der Waals surface area contributed by atoms with E-state index in [9.17, 15) is 0 Å². The quantitative estimate of drug-likeness (QED) is 0.795. The molecule has 0 bridgehead atoms. The molecule has 1 heterocycles. The summed E-state index contributed by atoms with van der Waals surface area (Å²) in [7, 11) is 0. The van der Waals surface area contributed by atoms with Crippen LogP contribution in [0, 0.1) is 0 Å². The maximum absolute atomic E-state index is 5.96. The summed E-state index contributed by atoms with van der Waals surface area (Å²) in [5.74, 6) is 1.69. The van der Waals surface area contributed by atoms with Gasteiger partial charge in [-0.2, -0.15) is 0 Å². The molecular formula is C13H15ClN4O. The summed E-state index contributed by atoms with van der Waals surface area (Å²) < 4.78 is 5.57. The van der Waals surface area contributed by atoms with Crippen LogP contribution in [0.25, 0.3) is 0 Å². The summed E-state index contributed by atoms with van der Waals surface area (Å²) in [5, 5.41) is 3.45. The zero-order valence-electron chi connectivity index (χ0n) is 10.3. The number of para-hydroxylation sites is 1. The molecule has 100 valence electrons. The molecule has 0 amide bonds. The summed E-state index contributed by atoms with van der Waals surface area (Å²) in [5.41, 5.74) is 5.58. The lowest BCUT2D eigenvalue weighted by atomic mass is 10.3. The molecule has 2 aromatic rings. The van der Waals surface area contributed by atoms with Crippen molar-refractivity contribution in [3.8, 4) is 5.75 Å². The fraction of sp³-hybridized carbons (Fsp3) is 0.231. The number of aromatic nitrogens is 2. The normalized spacial score (nSPS) is 10.2. The van der Waals surface area contributed by atoms with Gasteiger partial charge in [-0.25, -0.2) is 9.97 Å². The molecule has 3 N–H and O–H groups in total. The van der Waals surface area contributed by atoms with Crippen LogP contribution in [0.15, 0.2) is 36.7 Å². The zero-order chi connectivity index (χ0) is 13.5. The van der Waals surface area contributed by atoms with Crippen molar-refractivity contribution in [1.29, 1.82) is 0 Å². The van der Waals surface area contributed by atoms with E-state index in [4.69, 9.17) is 22.1 Å². The van der Waals surface area contributed by atoms with Crippen molar-refractivity contribution in [3.05, 3.63) is 41.7 Å². The first-order valence-electron chi connectivity index (χ1n) is 5.95. The molecule has 0 aliphatic rings. The predicted molar refractivity (Wildman–Crippen MR) is 76.5 cm³/mol. The third-order valence-electron chi connectivity index (χ3n) is 2.44. The number of nitrogens with one attached hydrogen (secondary N) is 1. The summed E-state index contributed by atoms with van der Waals surface area (Å²) in [6, 6.07) is 9.69. The van der Waals surface area contributed by atoms with E-state index in [1.165, 1.54) is 6.33 Å². The van der Waals surface area contributed by atoms with Crippen LogP contribution in [-0.2, 0) is 0 Å². The fourth-order valence-electron chi connectivity index (χ4n) is 1.49. The highest BCUT2D eigenvalue weighted by molar-refractivity contribution is 6.35. The first kappa shape index (κ1) is 13.4. The molecule has 0 radical (unpaired) electrons. The van der Waals surface area contributed by atoms with Gasteiger partial charge >= 0.3 is 0 Å². The number of hydrogen-bond donors (Lipinski definition) is 2. The number of benzene rings is 1. The van der Waals surface area contributed by atoms with Crippen molar-refractivity contribution in [2.45, 2.75) is 6.42 Å². The average Bonchev–Trinajstić information content (AvgIpc) is 2.44. The van der Waals surface area contributed by atoms with Crippen LogP contribution >= 0.6 is 11.6 Å². The van der Waals surface area contributed by atoms with E-state index < -0.39 is 0 Å². The van der Waals surface area contributed by atoms with Gasteiger partial charge in [0.25, 0.3) is 0 Å². The Balaban J connectivity index is 1.71. The van der Waals surface area contributed by atoms with Gasteiger partial charge in [-0.3, -0.25) is 0 Å². The number of nitrogens with two attached hydrogens (primary N) is 1. The molecular weight excluding hydrogens is 264 g/mol. The minimum absolute atomic E-state index is 0.278. The van der Waals surface area contributed by atoms with Crippen molar-refractivity contribution in [1.82, 2.24) is 9.97 Å². The molecule has 19 heavy (non-hydrogen) atoms. The number of anilines is 2.